The van der Waals surface area contributed by atoms with Gasteiger partial charge in [-0.1, -0.05) is 30.3 Å². The van der Waals surface area contributed by atoms with Gasteiger partial charge in [-0.2, -0.15) is 15.8 Å². The van der Waals surface area contributed by atoms with Crippen LogP contribution in [-0.2, 0) is 32.8 Å². The minimum atomic E-state index is -1.69. The number of rotatable bonds is 3. The van der Waals surface area contributed by atoms with Gasteiger partial charge >= 0.3 is 22.6 Å². The Balaban J connectivity index is -0.000000482. The Morgan fingerprint density at radius 1 is 1.04 bits per heavy atom. The summed E-state index contributed by atoms with van der Waals surface area (Å²) >= 11 is 0. The fourth-order valence-corrected chi connectivity index (χ4v) is 1.60. The van der Waals surface area contributed by atoms with Crippen molar-refractivity contribution in [1.29, 1.82) is 15.8 Å². The van der Waals surface area contributed by atoms with E-state index in [1.54, 1.807) is 54.4 Å². The van der Waals surface area contributed by atoms with Gasteiger partial charge in [0.05, 0.1) is 17.7 Å². The second kappa shape index (κ2) is 18.8. The molecule has 134 valence electrons. The molecule has 6 nitrogen and oxygen atoms in total. The third-order valence-corrected chi connectivity index (χ3v) is 2.70. The molecule has 0 aliphatic heterocycles. The molecule has 0 amide bonds. The molecule has 0 saturated carbocycles. The van der Waals surface area contributed by atoms with Gasteiger partial charge in [-0.3, -0.25) is 5.87 Å². The molecule has 2 rings (SSSR count). The minimum absolute atomic E-state index is 0. The van der Waals surface area contributed by atoms with Crippen molar-refractivity contribution in [2.45, 2.75) is 6.42 Å². The van der Waals surface area contributed by atoms with E-state index in [1.165, 1.54) is 0 Å². The van der Waals surface area contributed by atoms with E-state index >= 15 is 0 Å². The molecular weight excluding hydrogens is 384 g/mol. The van der Waals surface area contributed by atoms with Crippen LogP contribution >= 0.6 is 0 Å². The maximum atomic E-state index is 9.07. The van der Waals surface area contributed by atoms with E-state index in [9.17, 15) is 0 Å². The zero-order chi connectivity index (χ0) is 20.3. The zero-order valence-corrected chi connectivity index (χ0v) is 14.7. The van der Waals surface area contributed by atoms with E-state index in [0.29, 0.717) is 0 Å². The van der Waals surface area contributed by atoms with Crippen LogP contribution in [0.2, 0.25) is 0 Å². The van der Waals surface area contributed by atoms with Crippen LogP contribution in [0, 0.1) is 77.0 Å². The average Bonchev–Trinajstić information content (AvgIpc) is 3.32. The summed E-state index contributed by atoms with van der Waals surface area (Å²) in [6.07, 6.45) is 0.0390. The quantitative estimate of drug-likeness (QED) is 0.261. The molecule has 0 unspecified atom stereocenters. The summed E-state index contributed by atoms with van der Waals surface area (Å²) in [7, 11) is 0. The fraction of sp³-hybridized carbons (Fsp3) is 0.100. The summed E-state index contributed by atoms with van der Waals surface area (Å²) in [5.74, 6) is 1.63. The minimum Gasteiger partial charge on any atom is -0.999 e. The van der Waals surface area contributed by atoms with E-state index in [0.717, 1.165) is 5.56 Å². The molecule has 0 atom stereocenters. The van der Waals surface area contributed by atoms with Crippen molar-refractivity contribution in [3.05, 3.63) is 90.5 Å². The van der Waals surface area contributed by atoms with Crippen LogP contribution in [0.5, 0.6) is 0 Å². The summed E-state index contributed by atoms with van der Waals surface area (Å²) < 4.78 is 15.0. The first kappa shape index (κ1) is 28.3. The zero-order valence-electron chi connectivity index (χ0n) is 13.6. The van der Waals surface area contributed by atoms with Gasteiger partial charge in [-0.05, 0) is 5.56 Å². The van der Waals surface area contributed by atoms with Gasteiger partial charge in [0.25, 0.3) is 0 Å². The summed E-state index contributed by atoms with van der Waals surface area (Å²) in [6, 6.07) is 26.0. The average molecular weight is 392 g/mol. The van der Waals surface area contributed by atoms with Gasteiger partial charge in [0, 0.05) is 23.5 Å². The van der Waals surface area contributed by atoms with Gasteiger partial charge in [-0.15, -0.1) is 0 Å². The molecule has 0 saturated heterocycles. The topological polar surface area (TPSA) is 133 Å². The molecule has 0 fully saturated rings. The second-order valence-corrected chi connectivity index (χ2v) is 4.07. The molecular formula is C20H8FeN4O2-6. The Labute approximate surface area is 168 Å². The van der Waals surface area contributed by atoms with Crippen LogP contribution in [0.4, 0.5) is 0 Å². The molecule has 0 radical (unpaired) electrons. The van der Waals surface area contributed by atoms with Crippen molar-refractivity contribution in [2.24, 2.45) is 5.41 Å². The van der Waals surface area contributed by atoms with E-state index in [-0.39, 0.29) is 29.1 Å². The Hall–Kier alpha value is -3.51. The maximum absolute atomic E-state index is 9.07. The molecule has 2 aromatic carbocycles. The van der Waals surface area contributed by atoms with Gasteiger partial charge in [0.2, 0.25) is 0 Å². The molecule has 0 aliphatic rings. The van der Waals surface area contributed by atoms with E-state index in [4.69, 9.17) is 30.5 Å². The third-order valence-electron chi connectivity index (χ3n) is 2.70. The molecule has 0 bridgehead atoms. The first-order chi connectivity index (χ1) is 12.7. The number of allylic oxidation sites excluding steroid dienone is 1. The van der Waals surface area contributed by atoms with Crippen molar-refractivity contribution in [3.63, 3.8) is 0 Å². The molecule has 7 heteroatoms. The number of nitriles is 3. The molecule has 27 heavy (non-hydrogen) atoms. The Morgan fingerprint density at radius 2 is 1.52 bits per heavy atom. The van der Waals surface area contributed by atoms with Crippen LogP contribution in [0.25, 0.3) is 5.41 Å². The Morgan fingerprint density at radius 3 is 1.81 bits per heavy atom. The Bertz CT molecular complexity index is 807. The predicted octanol–water partition coefficient (Wildman–Crippen LogP) is 2.48. The van der Waals surface area contributed by atoms with Crippen molar-refractivity contribution in [3.8, 4) is 18.2 Å². The number of nitrogens with zero attached hydrogens (tertiary/aromatic N) is 4. The van der Waals surface area contributed by atoms with Crippen molar-refractivity contribution in [1.82, 2.24) is 0 Å². The molecule has 0 heterocycles. The number of hydrogen-bond acceptors (Lipinski definition) is 3. The van der Waals surface area contributed by atoms with E-state index in [2.05, 4.69) is 37.6 Å². The van der Waals surface area contributed by atoms with Gasteiger partial charge in [0.15, 0.2) is 5.41 Å². The molecule has 2 aromatic rings. The molecule has 0 spiro atoms. The third kappa shape index (κ3) is 10.2. The number of benzene rings is 1. The molecule has 0 N–H and O–H groups in total. The normalized spacial score (nSPS) is 7.44. The van der Waals surface area contributed by atoms with E-state index < -0.39 is 5.41 Å². The van der Waals surface area contributed by atoms with Crippen molar-refractivity contribution < 1.29 is 26.4 Å². The smallest absolute Gasteiger partial charge is 0 e. The van der Waals surface area contributed by atoms with Crippen LogP contribution in [0.1, 0.15) is 5.56 Å². The molecule has 0 aromatic heterocycles. The first-order valence-electron chi connectivity index (χ1n) is 6.50. The van der Waals surface area contributed by atoms with Crippen LogP contribution in [0.15, 0.2) is 42.0 Å². The van der Waals surface area contributed by atoms with Gasteiger partial charge < -0.3 is 35.7 Å². The predicted molar refractivity (Wildman–Crippen MR) is 86.5 cm³/mol. The van der Waals surface area contributed by atoms with Crippen molar-refractivity contribution >= 4 is 5.87 Å². The van der Waals surface area contributed by atoms with Crippen molar-refractivity contribution in [2.75, 3.05) is 0 Å². The van der Waals surface area contributed by atoms with Crippen LogP contribution < -0.4 is 0 Å². The van der Waals surface area contributed by atoms with Gasteiger partial charge in [0.1, 0.15) is 6.07 Å². The summed E-state index contributed by atoms with van der Waals surface area (Å²) in [5.41, 5.74) is -1.32. The second-order valence-electron chi connectivity index (χ2n) is 4.07. The van der Waals surface area contributed by atoms with Gasteiger partial charge in [-0.25, -0.2) is 0 Å². The Kier molecular flexibility index (Phi) is 19.7. The largest absolute Gasteiger partial charge is 0.999 e. The SMILES string of the molecule is N#CC(=C=[N-])C(C#N)(C#N)Cc1ccccc1.[C-]#[O+].[C-]#[O+].[Fe].[c-]1[c-][c-][cH-][c-]1. The fourth-order valence-electron chi connectivity index (χ4n) is 1.60. The summed E-state index contributed by atoms with van der Waals surface area (Å²) in [6.45, 7) is 9.00. The van der Waals surface area contributed by atoms with Crippen LogP contribution in [-0.4, -0.2) is 5.87 Å². The standard InChI is InChI=1S/C13H7N4.C5H.2CO.Fe/c14-7-12(8-15)13(9-16,10-17)6-11-4-2-1-3-5-11;1-2-4-5-3-1;2*1-2;/h1-5H,6H2;1H;;;/q-1;-5;;;. The van der Waals surface area contributed by atoms with E-state index in [1.807, 2.05) is 6.07 Å². The number of hydrogen-bond donors (Lipinski definition) is 0. The monoisotopic (exact) mass is 392 g/mol. The summed E-state index contributed by atoms with van der Waals surface area (Å²) in [5, 5.41) is 35.7. The first-order valence-corrected chi connectivity index (χ1v) is 6.50. The van der Waals surface area contributed by atoms with Crippen LogP contribution in [0.3, 0.4) is 0 Å². The molecule has 0 aliphatic carbocycles. The maximum Gasteiger partial charge on any atom is 0 e. The summed E-state index contributed by atoms with van der Waals surface area (Å²) in [4.78, 5) is 0.